The highest BCUT2D eigenvalue weighted by Crippen LogP contribution is 2.68. The van der Waals surface area contributed by atoms with Crippen molar-refractivity contribution in [1.29, 1.82) is 0 Å². The SMILES string of the molecule is C[C@H]1CC[C@@]2(C)[C@@H](CC[C@@H]3[C@@H]2CC[C@]2(C)[C@H](O)C(C)(C)C[C@@H]32)C1. The summed E-state index contributed by atoms with van der Waals surface area (Å²) in [7, 11) is 0. The fourth-order valence-electron chi connectivity index (χ4n) is 8.12. The van der Waals surface area contributed by atoms with E-state index in [-0.39, 0.29) is 16.9 Å². The predicted octanol–water partition coefficient (Wildman–Crippen LogP) is 5.66. The normalized spacial score (nSPS) is 58.2. The third kappa shape index (κ3) is 2.14. The maximum Gasteiger partial charge on any atom is 0.0647 e. The summed E-state index contributed by atoms with van der Waals surface area (Å²) in [5.74, 6) is 4.53. The molecule has 23 heavy (non-hydrogen) atoms. The minimum atomic E-state index is -0.0992. The van der Waals surface area contributed by atoms with Gasteiger partial charge in [-0.2, -0.15) is 0 Å². The van der Waals surface area contributed by atoms with Gasteiger partial charge in [0.15, 0.2) is 0 Å². The number of hydrogen-bond acceptors (Lipinski definition) is 1. The monoisotopic (exact) mass is 318 g/mol. The van der Waals surface area contributed by atoms with Crippen molar-refractivity contribution in [1.82, 2.24) is 0 Å². The number of rotatable bonds is 0. The van der Waals surface area contributed by atoms with Gasteiger partial charge in [-0.25, -0.2) is 0 Å². The van der Waals surface area contributed by atoms with Crippen molar-refractivity contribution < 1.29 is 5.11 Å². The van der Waals surface area contributed by atoms with Crippen LogP contribution in [0.25, 0.3) is 0 Å². The van der Waals surface area contributed by atoms with Crippen LogP contribution in [0.2, 0.25) is 0 Å². The first kappa shape index (κ1) is 16.4. The van der Waals surface area contributed by atoms with Gasteiger partial charge in [0, 0.05) is 0 Å². The Morgan fingerprint density at radius 3 is 2.26 bits per heavy atom. The molecule has 8 atom stereocenters. The Labute approximate surface area is 143 Å². The average Bonchev–Trinajstić information content (AvgIpc) is 2.68. The zero-order valence-electron chi connectivity index (χ0n) is 16.1. The maximum atomic E-state index is 11.0. The Balaban J connectivity index is 1.65. The molecule has 0 saturated heterocycles. The van der Waals surface area contributed by atoms with Crippen LogP contribution < -0.4 is 0 Å². The molecule has 0 bridgehead atoms. The van der Waals surface area contributed by atoms with Crippen LogP contribution in [-0.4, -0.2) is 11.2 Å². The highest BCUT2D eigenvalue weighted by molar-refractivity contribution is 5.12. The molecule has 132 valence electrons. The van der Waals surface area contributed by atoms with Gasteiger partial charge in [-0.1, -0.05) is 41.0 Å². The zero-order valence-corrected chi connectivity index (χ0v) is 16.1. The molecule has 0 aliphatic heterocycles. The third-order valence-corrected chi connectivity index (χ3v) is 9.48. The minimum absolute atomic E-state index is 0.0992. The van der Waals surface area contributed by atoms with E-state index in [9.17, 15) is 5.11 Å². The second-order valence-electron chi connectivity index (χ2n) is 11.2. The van der Waals surface area contributed by atoms with Gasteiger partial charge in [0.2, 0.25) is 0 Å². The van der Waals surface area contributed by atoms with E-state index in [2.05, 4.69) is 34.6 Å². The van der Waals surface area contributed by atoms with Gasteiger partial charge in [0.1, 0.15) is 0 Å². The van der Waals surface area contributed by atoms with Crippen LogP contribution in [-0.2, 0) is 0 Å². The standard InChI is InChI=1S/C22H38O/c1-14-8-10-21(4)15(12-14)6-7-16-17(21)9-11-22(5)18(16)13-20(2,3)19(22)23/h14-19,23H,6-13H2,1-5H3/t14-,15-,16+,17-,18-,19+,21-,22-/m0/s1. The smallest absolute Gasteiger partial charge is 0.0647 e. The van der Waals surface area contributed by atoms with Crippen molar-refractivity contribution in [3.05, 3.63) is 0 Å². The van der Waals surface area contributed by atoms with E-state index in [0.29, 0.717) is 5.41 Å². The van der Waals surface area contributed by atoms with Gasteiger partial charge in [-0.05, 0) is 90.8 Å². The van der Waals surface area contributed by atoms with Crippen LogP contribution in [0.5, 0.6) is 0 Å². The van der Waals surface area contributed by atoms with E-state index in [1.54, 1.807) is 0 Å². The highest BCUT2D eigenvalue weighted by Gasteiger charge is 2.63. The number of fused-ring (bicyclic) bond motifs is 5. The van der Waals surface area contributed by atoms with Crippen LogP contribution in [0.15, 0.2) is 0 Å². The van der Waals surface area contributed by atoms with E-state index in [4.69, 9.17) is 0 Å². The quantitative estimate of drug-likeness (QED) is 0.611. The van der Waals surface area contributed by atoms with Crippen LogP contribution in [0.3, 0.4) is 0 Å². The predicted molar refractivity (Wildman–Crippen MR) is 96.1 cm³/mol. The van der Waals surface area contributed by atoms with Crippen molar-refractivity contribution in [2.75, 3.05) is 0 Å². The summed E-state index contributed by atoms with van der Waals surface area (Å²) in [4.78, 5) is 0. The molecule has 1 heteroatoms. The third-order valence-electron chi connectivity index (χ3n) is 9.48. The molecule has 4 fully saturated rings. The van der Waals surface area contributed by atoms with Gasteiger partial charge in [0.05, 0.1) is 6.10 Å². The van der Waals surface area contributed by atoms with E-state index in [1.807, 2.05) is 0 Å². The Kier molecular flexibility index (Phi) is 3.57. The van der Waals surface area contributed by atoms with Gasteiger partial charge >= 0.3 is 0 Å². The molecule has 0 radical (unpaired) electrons. The van der Waals surface area contributed by atoms with E-state index in [0.717, 1.165) is 29.6 Å². The first-order valence-corrected chi connectivity index (χ1v) is 10.4. The lowest BCUT2D eigenvalue weighted by Gasteiger charge is -2.60. The highest BCUT2D eigenvalue weighted by atomic mass is 16.3. The second kappa shape index (κ2) is 4.99. The summed E-state index contributed by atoms with van der Waals surface area (Å²) in [6.07, 6.45) is 11.1. The Morgan fingerprint density at radius 2 is 1.52 bits per heavy atom. The van der Waals surface area contributed by atoms with Gasteiger partial charge in [-0.3, -0.25) is 0 Å². The molecule has 0 amide bonds. The van der Waals surface area contributed by atoms with E-state index in [1.165, 1.54) is 51.4 Å². The molecule has 0 heterocycles. The zero-order chi connectivity index (χ0) is 16.6. The van der Waals surface area contributed by atoms with Crippen LogP contribution in [0.1, 0.15) is 86.0 Å². The van der Waals surface area contributed by atoms with Crippen molar-refractivity contribution >= 4 is 0 Å². The summed E-state index contributed by atoms with van der Waals surface area (Å²) in [5, 5.41) is 11.0. The summed E-state index contributed by atoms with van der Waals surface area (Å²) in [6, 6.07) is 0. The molecular formula is C22H38O. The van der Waals surface area contributed by atoms with Gasteiger partial charge < -0.3 is 5.11 Å². The molecule has 0 spiro atoms. The fraction of sp³-hybridized carbons (Fsp3) is 1.00. The lowest BCUT2D eigenvalue weighted by Crippen LogP contribution is -2.54. The number of aliphatic hydroxyl groups is 1. The summed E-state index contributed by atoms with van der Waals surface area (Å²) >= 11 is 0. The molecule has 0 aromatic carbocycles. The number of aliphatic hydroxyl groups excluding tert-OH is 1. The molecule has 0 aromatic heterocycles. The Hall–Kier alpha value is -0.0400. The molecule has 4 saturated carbocycles. The maximum absolute atomic E-state index is 11.0. The van der Waals surface area contributed by atoms with Gasteiger partial charge in [-0.15, -0.1) is 0 Å². The molecule has 1 N–H and O–H groups in total. The molecule has 0 unspecified atom stereocenters. The molecule has 4 aliphatic rings. The van der Waals surface area contributed by atoms with Crippen molar-refractivity contribution in [2.45, 2.75) is 92.1 Å². The summed E-state index contributed by atoms with van der Waals surface area (Å²) in [6.45, 7) is 12.2. The molecule has 0 aromatic rings. The van der Waals surface area contributed by atoms with Crippen molar-refractivity contribution in [3.8, 4) is 0 Å². The Bertz CT molecular complexity index is 482. The van der Waals surface area contributed by atoms with Crippen LogP contribution in [0.4, 0.5) is 0 Å². The summed E-state index contributed by atoms with van der Waals surface area (Å²) < 4.78 is 0. The van der Waals surface area contributed by atoms with Crippen LogP contribution >= 0.6 is 0 Å². The molecule has 1 nitrogen and oxygen atoms in total. The average molecular weight is 319 g/mol. The van der Waals surface area contributed by atoms with E-state index < -0.39 is 0 Å². The van der Waals surface area contributed by atoms with Crippen molar-refractivity contribution in [3.63, 3.8) is 0 Å². The lowest BCUT2D eigenvalue weighted by molar-refractivity contribution is -0.128. The first-order chi connectivity index (χ1) is 10.7. The summed E-state index contributed by atoms with van der Waals surface area (Å²) in [5.41, 5.74) is 0.914. The molecule has 4 rings (SSSR count). The minimum Gasteiger partial charge on any atom is -0.392 e. The largest absolute Gasteiger partial charge is 0.392 e. The Morgan fingerprint density at radius 1 is 0.826 bits per heavy atom. The molecular weight excluding hydrogens is 280 g/mol. The first-order valence-electron chi connectivity index (χ1n) is 10.4. The van der Waals surface area contributed by atoms with Crippen LogP contribution in [0, 0.1) is 45.8 Å². The van der Waals surface area contributed by atoms with Gasteiger partial charge in [0.25, 0.3) is 0 Å². The topological polar surface area (TPSA) is 20.2 Å². The molecule has 4 aliphatic carbocycles. The van der Waals surface area contributed by atoms with Crippen molar-refractivity contribution in [2.24, 2.45) is 45.8 Å². The fourth-order valence-corrected chi connectivity index (χ4v) is 8.12. The number of hydrogen-bond donors (Lipinski definition) is 1. The lowest BCUT2D eigenvalue weighted by atomic mass is 9.44. The second-order valence-corrected chi connectivity index (χ2v) is 11.2. The van der Waals surface area contributed by atoms with E-state index >= 15 is 0 Å².